The number of rotatable bonds is 2. The summed E-state index contributed by atoms with van der Waals surface area (Å²) in [5.74, 6) is -3.56. The second kappa shape index (κ2) is 5.13. The molecule has 2 rings (SSSR count). The van der Waals surface area contributed by atoms with E-state index >= 15 is 0 Å². The highest BCUT2D eigenvalue weighted by Crippen LogP contribution is 2.14. The van der Waals surface area contributed by atoms with Gasteiger partial charge in [0.15, 0.2) is 0 Å². The van der Waals surface area contributed by atoms with E-state index in [9.17, 15) is 23.2 Å². The van der Waals surface area contributed by atoms with Gasteiger partial charge in [-0.1, -0.05) is 6.07 Å². The first-order valence-electron chi connectivity index (χ1n) is 5.50. The Balaban J connectivity index is 2.13. The van der Waals surface area contributed by atoms with Gasteiger partial charge in [0.1, 0.15) is 24.7 Å². The van der Waals surface area contributed by atoms with Gasteiger partial charge in [-0.2, -0.15) is 0 Å². The van der Waals surface area contributed by atoms with Gasteiger partial charge in [0, 0.05) is 5.56 Å². The highest BCUT2D eigenvalue weighted by Gasteiger charge is 2.27. The van der Waals surface area contributed by atoms with Gasteiger partial charge in [0.25, 0.3) is 0 Å². The maximum Gasteiger partial charge on any atom is 0.246 e. The summed E-state index contributed by atoms with van der Waals surface area (Å²) in [4.78, 5) is 35.0. The van der Waals surface area contributed by atoms with Gasteiger partial charge >= 0.3 is 0 Å². The molecule has 1 fully saturated rings. The Labute approximate surface area is 107 Å². The standard InChI is InChI=1S/C12H10F2N2O3/c13-8-2-1-3-9(14)7(8)4-12(19)16-5-10(17)15-11(18)6-16/h1-3H,4-6H2,(H,15,17,18). The third-order valence-electron chi connectivity index (χ3n) is 2.69. The van der Waals surface area contributed by atoms with Gasteiger partial charge in [-0.15, -0.1) is 0 Å². The summed E-state index contributed by atoms with van der Waals surface area (Å²) in [6, 6.07) is 3.27. The topological polar surface area (TPSA) is 66.5 Å². The molecule has 0 atom stereocenters. The number of halogens is 2. The van der Waals surface area contributed by atoms with Crippen LogP contribution in [0.3, 0.4) is 0 Å². The molecule has 3 amide bonds. The van der Waals surface area contributed by atoms with E-state index in [0.29, 0.717) is 0 Å². The van der Waals surface area contributed by atoms with Gasteiger partial charge in [-0.3, -0.25) is 19.7 Å². The van der Waals surface area contributed by atoms with Crippen LogP contribution in [0.4, 0.5) is 8.78 Å². The number of benzene rings is 1. The van der Waals surface area contributed by atoms with Crippen molar-refractivity contribution in [3.8, 4) is 0 Å². The summed E-state index contributed by atoms with van der Waals surface area (Å²) < 4.78 is 26.7. The molecule has 1 aromatic carbocycles. The molecule has 100 valence electrons. The maximum atomic E-state index is 13.4. The number of hydrogen-bond donors (Lipinski definition) is 1. The fourth-order valence-corrected chi connectivity index (χ4v) is 1.78. The van der Waals surface area contributed by atoms with E-state index in [2.05, 4.69) is 0 Å². The van der Waals surface area contributed by atoms with E-state index < -0.39 is 35.8 Å². The van der Waals surface area contributed by atoms with Crippen molar-refractivity contribution in [1.82, 2.24) is 10.2 Å². The van der Waals surface area contributed by atoms with Crippen LogP contribution in [0.15, 0.2) is 18.2 Å². The number of amides is 3. The molecule has 1 heterocycles. The average molecular weight is 268 g/mol. The van der Waals surface area contributed by atoms with Crippen molar-refractivity contribution in [2.24, 2.45) is 0 Å². The van der Waals surface area contributed by atoms with Crippen LogP contribution in [-0.4, -0.2) is 35.7 Å². The monoisotopic (exact) mass is 268 g/mol. The fraction of sp³-hybridized carbons (Fsp3) is 0.250. The quantitative estimate of drug-likeness (QED) is 0.767. The molecule has 19 heavy (non-hydrogen) atoms. The summed E-state index contributed by atoms with van der Waals surface area (Å²) in [5, 5.41) is 2.03. The summed E-state index contributed by atoms with van der Waals surface area (Å²) >= 11 is 0. The lowest BCUT2D eigenvalue weighted by Gasteiger charge is -2.25. The van der Waals surface area contributed by atoms with E-state index in [1.54, 1.807) is 0 Å². The zero-order valence-electron chi connectivity index (χ0n) is 9.78. The molecule has 1 aliphatic heterocycles. The zero-order chi connectivity index (χ0) is 14.0. The molecule has 7 heteroatoms. The van der Waals surface area contributed by atoms with E-state index in [4.69, 9.17) is 0 Å². The number of nitrogens with one attached hydrogen (secondary N) is 1. The van der Waals surface area contributed by atoms with Gasteiger partial charge in [0.2, 0.25) is 17.7 Å². The number of carbonyl (C=O) groups excluding carboxylic acids is 3. The summed E-state index contributed by atoms with van der Waals surface area (Å²) in [7, 11) is 0. The van der Waals surface area contributed by atoms with Crippen molar-refractivity contribution in [1.29, 1.82) is 0 Å². The van der Waals surface area contributed by atoms with Crippen molar-refractivity contribution in [2.45, 2.75) is 6.42 Å². The average Bonchev–Trinajstić information content (AvgIpc) is 2.32. The molecule has 5 nitrogen and oxygen atoms in total. The van der Waals surface area contributed by atoms with Crippen molar-refractivity contribution in [2.75, 3.05) is 13.1 Å². The van der Waals surface area contributed by atoms with Crippen LogP contribution in [0.1, 0.15) is 5.56 Å². The highest BCUT2D eigenvalue weighted by atomic mass is 19.1. The summed E-state index contributed by atoms with van der Waals surface area (Å²) in [5.41, 5.74) is -0.370. The van der Waals surface area contributed by atoms with Gasteiger partial charge < -0.3 is 4.90 Å². The fourth-order valence-electron chi connectivity index (χ4n) is 1.78. The van der Waals surface area contributed by atoms with Crippen molar-refractivity contribution in [3.63, 3.8) is 0 Å². The minimum absolute atomic E-state index is 0.291. The second-order valence-corrected chi connectivity index (χ2v) is 4.10. The molecule has 0 spiro atoms. The number of piperazine rings is 1. The molecule has 0 unspecified atom stereocenters. The number of imide groups is 1. The summed E-state index contributed by atoms with van der Waals surface area (Å²) in [6.07, 6.45) is -0.529. The van der Waals surface area contributed by atoms with Crippen molar-refractivity contribution >= 4 is 17.7 Å². The van der Waals surface area contributed by atoms with Crippen molar-refractivity contribution in [3.05, 3.63) is 35.4 Å². The Morgan fingerprint density at radius 3 is 2.21 bits per heavy atom. The smallest absolute Gasteiger partial charge is 0.246 e. The maximum absolute atomic E-state index is 13.4. The third kappa shape index (κ3) is 2.93. The molecule has 1 aliphatic rings. The van der Waals surface area contributed by atoms with E-state index in [0.717, 1.165) is 17.0 Å². The predicted molar refractivity (Wildman–Crippen MR) is 59.8 cm³/mol. The molecule has 0 saturated carbocycles. The van der Waals surface area contributed by atoms with Crippen LogP contribution in [-0.2, 0) is 20.8 Å². The lowest BCUT2D eigenvalue weighted by molar-refractivity contribution is -0.145. The molecule has 0 bridgehead atoms. The lowest BCUT2D eigenvalue weighted by atomic mass is 10.1. The molecular weight excluding hydrogens is 258 g/mol. The second-order valence-electron chi connectivity index (χ2n) is 4.10. The Morgan fingerprint density at radius 2 is 1.68 bits per heavy atom. The molecule has 0 aliphatic carbocycles. The molecule has 0 radical (unpaired) electrons. The van der Waals surface area contributed by atoms with Crippen LogP contribution < -0.4 is 5.32 Å². The van der Waals surface area contributed by atoms with E-state index in [-0.39, 0.29) is 18.7 Å². The van der Waals surface area contributed by atoms with Gasteiger partial charge in [0.05, 0.1) is 6.42 Å². The number of hydrogen-bond acceptors (Lipinski definition) is 3. The molecule has 1 N–H and O–H groups in total. The first kappa shape index (κ1) is 13.1. The normalized spacial score (nSPS) is 15.4. The van der Waals surface area contributed by atoms with E-state index in [1.807, 2.05) is 5.32 Å². The van der Waals surface area contributed by atoms with Crippen LogP contribution in [0, 0.1) is 11.6 Å². The molecule has 0 aromatic heterocycles. The van der Waals surface area contributed by atoms with Crippen molar-refractivity contribution < 1.29 is 23.2 Å². The van der Waals surface area contributed by atoms with Gasteiger partial charge in [-0.05, 0) is 12.1 Å². The first-order valence-corrected chi connectivity index (χ1v) is 5.50. The minimum atomic E-state index is -0.832. The Kier molecular flexibility index (Phi) is 3.55. The largest absolute Gasteiger partial charge is 0.324 e. The van der Waals surface area contributed by atoms with Crippen LogP contribution in [0.25, 0.3) is 0 Å². The molecular formula is C12H10F2N2O3. The predicted octanol–water partition coefficient (Wildman–Crippen LogP) is -0.00770. The third-order valence-corrected chi connectivity index (χ3v) is 2.69. The SMILES string of the molecule is O=C1CN(C(=O)Cc2c(F)cccc2F)CC(=O)N1. The molecule has 1 saturated heterocycles. The minimum Gasteiger partial charge on any atom is -0.324 e. The Morgan fingerprint density at radius 1 is 1.16 bits per heavy atom. The summed E-state index contributed by atoms with van der Waals surface area (Å²) in [6.45, 7) is -0.582. The van der Waals surface area contributed by atoms with Crippen LogP contribution >= 0.6 is 0 Å². The molecule has 1 aromatic rings. The Bertz CT molecular complexity index is 524. The van der Waals surface area contributed by atoms with Gasteiger partial charge in [-0.25, -0.2) is 8.78 Å². The lowest BCUT2D eigenvalue weighted by Crippen LogP contribution is -2.53. The van der Waals surface area contributed by atoms with Crippen LogP contribution in [0.5, 0.6) is 0 Å². The van der Waals surface area contributed by atoms with E-state index in [1.165, 1.54) is 6.07 Å². The van der Waals surface area contributed by atoms with Crippen LogP contribution in [0.2, 0.25) is 0 Å². The highest BCUT2D eigenvalue weighted by molar-refractivity contribution is 6.02. The zero-order valence-corrected chi connectivity index (χ0v) is 9.78. The number of carbonyl (C=O) groups is 3. The first-order chi connectivity index (χ1) is 8.97. The number of nitrogens with zero attached hydrogens (tertiary/aromatic N) is 1. The Hall–Kier alpha value is -2.31.